The average molecular weight is 534 g/mol. The Balaban J connectivity index is 2.16. The van der Waals surface area contributed by atoms with Crippen molar-refractivity contribution in [1.29, 1.82) is 0 Å². The summed E-state index contributed by atoms with van der Waals surface area (Å²) in [6.07, 6.45) is 1.69. The van der Waals surface area contributed by atoms with Gasteiger partial charge >= 0.3 is 5.97 Å². The van der Waals surface area contributed by atoms with Crippen LogP contribution in [0.25, 0.3) is 0 Å². The molecule has 0 aliphatic carbocycles. The van der Waals surface area contributed by atoms with Crippen molar-refractivity contribution >= 4 is 29.7 Å². The Bertz CT molecular complexity index is 1010. The van der Waals surface area contributed by atoms with Gasteiger partial charge in [-0.05, 0) is 49.3 Å². The first-order chi connectivity index (χ1) is 17.9. The molecule has 10 N–H and O–H groups in total. The number of amides is 3. The van der Waals surface area contributed by atoms with Crippen LogP contribution in [0.1, 0.15) is 45.1 Å². The second-order valence-electron chi connectivity index (χ2n) is 9.75. The number of aliphatic imine (C=N–C) groups is 1. The van der Waals surface area contributed by atoms with Crippen molar-refractivity contribution < 1.29 is 29.4 Å². The molecule has 1 aromatic rings. The van der Waals surface area contributed by atoms with E-state index in [0.29, 0.717) is 37.8 Å². The molecule has 1 heterocycles. The largest absolute Gasteiger partial charge is 0.508 e. The fraction of sp³-hybridized carbons (Fsp3) is 0.560. The number of hydrogen-bond donors (Lipinski definition) is 7. The molecule has 13 heteroatoms. The minimum Gasteiger partial charge on any atom is -0.508 e. The maximum Gasteiger partial charge on any atom is 0.326 e. The molecule has 0 radical (unpaired) electrons. The van der Waals surface area contributed by atoms with E-state index in [-0.39, 0.29) is 30.6 Å². The fourth-order valence-corrected chi connectivity index (χ4v) is 4.26. The van der Waals surface area contributed by atoms with Gasteiger partial charge in [-0.2, -0.15) is 0 Å². The van der Waals surface area contributed by atoms with E-state index in [4.69, 9.17) is 17.2 Å². The second-order valence-corrected chi connectivity index (χ2v) is 9.75. The summed E-state index contributed by atoms with van der Waals surface area (Å²) in [5.74, 6) is -3.10. The lowest BCUT2D eigenvalue weighted by Gasteiger charge is -2.30. The summed E-state index contributed by atoms with van der Waals surface area (Å²) >= 11 is 0. The highest BCUT2D eigenvalue weighted by Crippen LogP contribution is 2.20. The van der Waals surface area contributed by atoms with Crippen molar-refractivity contribution in [3.05, 3.63) is 29.8 Å². The topological polar surface area (TPSA) is 226 Å². The van der Waals surface area contributed by atoms with Crippen molar-refractivity contribution in [1.82, 2.24) is 15.5 Å². The van der Waals surface area contributed by atoms with E-state index in [0.717, 1.165) is 0 Å². The number of nitrogens with two attached hydrogens (primary N) is 3. The molecule has 1 saturated heterocycles. The van der Waals surface area contributed by atoms with E-state index in [2.05, 4.69) is 15.6 Å². The number of phenolic OH excluding ortho intramolecular Hbond substituents is 1. The molecule has 1 fully saturated rings. The van der Waals surface area contributed by atoms with Crippen molar-refractivity contribution in [3.8, 4) is 5.75 Å². The van der Waals surface area contributed by atoms with Crippen LogP contribution in [0.5, 0.6) is 5.75 Å². The van der Waals surface area contributed by atoms with Gasteiger partial charge in [0.15, 0.2) is 5.96 Å². The first kappa shape index (κ1) is 30.4. The molecular weight excluding hydrogens is 494 g/mol. The van der Waals surface area contributed by atoms with E-state index < -0.39 is 47.9 Å². The van der Waals surface area contributed by atoms with Crippen molar-refractivity contribution in [2.24, 2.45) is 28.1 Å². The Morgan fingerprint density at radius 3 is 2.34 bits per heavy atom. The predicted molar refractivity (Wildman–Crippen MR) is 141 cm³/mol. The van der Waals surface area contributed by atoms with Crippen LogP contribution < -0.4 is 27.8 Å². The summed E-state index contributed by atoms with van der Waals surface area (Å²) in [4.78, 5) is 56.3. The third kappa shape index (κ3) is 8.91. The molecule has 4 atom stereocenters. The number of hydrogen-bond acceptors (Lipinski definition) is 7. The lowest BCUT2D eigenvalue weighted by molar-refractivity contribution is -0.149. The van der Waals surface area contributed by atoms with E-state index in [9.17, 15) is 29.4 Å². The van der Waals surface area contributed by atoms with Gasteiger partial charge in [-0.15, -0.1) is 0 Å². The number of aromatic hydroxyl groups is 1. The highest BCUT2D eigenvalue weighted by Gasteiger charge is 2.38. The highest BCUT2D eigenvalue weighted by molar-refractivity contribution is 5.94. The number of phenols is 1. The van der Waals surface area contributed by atoms with E-state index in [1.54, 1.807) is 26.0 Å². The molecule has 13 nitrogen and oxygen atoms in total. The van der Waals surface area contributed by atoms with Crippen LogP contribution in [0.15, 0.2) is 29.3 Å². The Labute approximate surface area is 221 Å². The Hall–Kier alpha value is -3.87. The van der Waals surface area contributed by atoms with Crippen LogP contribution in [0.3, 0.4) is 0 Å². The molecule has 3 amide bonds. The second kappa shape index (κ2) is 14.2. The smallest absolute Gasteiger partial charge is 0.326 e. The molecule has 1 aliphatic heterocycles. The average Bonchev–Trinajstić information content (AvgIpc) is 3.35. The highest BCUT2D eigenvalue weighted by atomic mass is 16.4. The van der Waals surface area contributed by atoms with Gasteiger partial charge in [0, 0.05) is 19.5 Å². The summed E-state index contributed by atoms with van der Waals surface area (Å²) in [6.45, 7) is 4.06. The van der Waals surface area contributed by atoms with Crippen LogP contribution in [0, 0.1) is 5.92 Å². The maximum atomic E-state index is 13.4. The van der Waals surface area contributed by atoms with Gasteiger partial charge in [-0.25, -0.2) is 4.79 Å². The quantitative estimate of drug-likeness (QED) is 0.0937. The van der Waals surface area contributed by atoms with E-state index >= 15 is 0 Å². The van der Waals surface area contributed by atoms with Gasteiger partial charge in [0.1, 0.15) is 23.9 Å². The van der Waals surface area contributed by atoms with Crippen molar-refractivity contribution in [2.75, 3.05) is 13.1 Å². The van der Waals surface area contributed by atoms with Crippen LogP contribution in [0.2, 0.25) is 0 Å². The molecule has 2 rings (SSSR count). The molecule has 0 spiro atoms. The fourth-order valence-electron chi connectivity index (χ4n) is 4.26. The first-order valence-corrected chi connectivity index (χ1v) is 12.6. The first-order valence-electron chi connectivity index (χ1n) is 12.6. The number of nitrogens with one attached hydrogen (secondary N) is 2. The molecule has 4 unspecified atom stereocenters. The normalized spacial score (nSPS) is 17.4. The molecule has 0 aromatic heterocycles. The van der Waals surface area contributed by atoms with Gasteiger partial charge in [-0.1, -0.05) is 26.0 Å². The maximum absolute atomic E-state index is 13.4. The van der Waals surface area contributed by atoms with Gasteiger partial charge in [-0.3, -0.25) is 19.4 Å². The van der Waals surface area contributed by atoms with Crippen LogP contribution >= 0.6 is 0 Å². The Morgan fingerprint density at radius 1 is 1.11 bits per heavy atom. The number of benzene rings is 1. The van der Waals surface area contributed by atoms with Crippen LogP contribution in [-0.4, -0.2) is 82.0 Å². The molecule has 0 bridgehead atoms. The number of carbonyl (C=O) groups excluding carboxylic acids is 3. The lowest BCUT2D eigenvalue weighted by Crippen LogP contribution is -2.58. The molecule has 1 aliphatic rings. The monoisotopic (exact) mass is 533 g/mol. The summed E-state index contributed by atoms with van der Waals surface area (Å²) < 4.78 is 0. The Kier molecular flexibility index (Phi) is 11.3. The number of carboxylic acids is 1. The van der Waals surface area contributed by atoms with Gasteiger partial charge < -0.3 is 42.9 Å². The standard InChI is InChI=1S/C25H39N7O6/c1-14(2)20(31-21(34)17(26)5-3-11-29-25(27)28)22(35)30-18(13-15-7-9-16(33)10-8-15)23(36)32-12-4-6-19(32)24(37)38/h7-10,14,17-20,33H,3-6,11-13,26H2,1-2H3,(H,30,35)(H,31,34)(H,37,38)(H4,27,28,29). The Morgan fingerprint density at radius 2 is 1.76 bits per heavy atom. The zero-order valence-corrected chi connectivity index (χ0v) is 21.8. The molecular formula is C25H39N7O6. The number of rotatable bonds is 13. The van der Waals surface area contributed by atoms with Crippen molar-refractivity contribution in [3.63, 3.8) is 0 Å². The minimum atomic E-state index is -1.10. The third-order valence-electron chi connectivity index (χ3n) is 6.36. The molecule has 210 valence electrons. The lowest BCUT2D eigenvalue weighted by atomic mass is 9.99. The van der Waals surface area contributed by atoms with Gasteiger partial charge in [0.25, 0.3) is 0 Å². The predicted octanol–water partition coefficient (Wildman–Crippen LogP) is -0.983. The van der Waals surface area contributed by atoms with E-state index in [1.165, 1.54) is 17.0 Å². The number of carbonyl (C=O) groups is 4. The number of aliphatic carboxylic acids is 1. The SMILES string of the molecule is CC(C)C(NC(=O)C(N)CCCN=C(N)N)C(=O)NC(Cc1ccc(O)cc1)C(=O)N1CCCC1C(=O)O. The summed E-state index contributed by atoms with van der Waals surface area (Å²) in [7, 11) is 0. The van der Waals surface area contributed by atoms with Crippen molar-refractivity contribution in [2.45, 2.75) is 70.1 Å². The zero-order valence-electron chi connectivity index (χ0n) is 21.8. The summed E-state index contributed by atoms with van der Waals surface area (Å²) in [6, 6.07) is 2.20. The molecule has 1 aromatic carbocycles. The third-order valence-corrected chi connectivity index (χ3v) is 6.36. The molecule has 0 saturated carbocycles. The summed E-state index contributed by atoms with van der Waals surface area (Å²) in [5.41, 5.74) is 17.2. The summed E-state index contributed by atoms with van der Waals surface area (Å²) in [5, 5.41) is 24.5. The van der Waals surface area contributed by atoms with Crippen LogP contribution in [-0.2, 0) is 25.6 Å². The number of likely N-dealkylation sites (tertiary alicyclic amines) is 1. The minimum absolute atomic E-state index is 0.0448. The molecule has 38 heavy (non-hydrogen) atoms. The van der Waals surface area contributed by atoms with E-state index in [1.807, 2.05) is 0 Å². The number of nitrogens with zero attached hydrogens (tertiary/aromatic N) is 2. The van der Waals surface area contributed by atoms with Gasteiger partial charge in [0.2, 0.25) is 17.7 Å². The zero-order chi connectivity index (χ0) is 28.4. The van der Waals surface area contributed by atoms with Gasteiger partial charge in [0.05, 0.1) is 6.04 Å². The number of guanidine groups is 1. The van der Waals surface area contributed by atoms with Crippen LogP contribution in [0.4, 0.5) is 0 Å². The number of carboxylic acid groups (broad SMARTS) is 1.